The Balaban J connectivity index is 2.48. The molecule has 72 valence electrons. The molecule has 5 nitrogen and oxygen atoms in total. The molecule has 0 radical (unpaired) electrons. The number of esters is 1. The summed E-state index contributed by atoms with van der Waals surface area (Å²) >= 11 is 0. The maximum absolute atomic E-state index is 11.3. The highest BCUT2D eigenvalue weighted by molar-refractivity contribution is 5.93. The van der Waals surface area contributed by atoms with Crippen LogP contribution in [0.15, 0.2) is 24.8 Å². The van der Waals surface area contributed by atoms with E-state index in [-0.39, 0.29) is 11.6 Å². The minimum Gasteiger partial charge on any atom is -0.465 e. The van der Waals surface area contributed by atoms with Crippen LogP contribution in [0.2, 0.25) is 0 Å². The number of rotatable bonds is 1. The minimum atomic E-state index is -0.484. The first-order valence-electron chi connectivity index (χ1n) is 3.88. The van der Waals surface area contributed by atoms with Crippen molar-refractivity contribution in [3.8, 4) is 11.6 Å². The third-order valence-electron chi connectivity index (χ3n) is 1.70. The number of hydrogen-bond acceptors (Lipinski definition) is 5. The lowest BCUT2D eigenvalue weighted by Gasteiger charge is -2.13. The fourth-order valence-corrected chi connectivity index (χ4v) is 1.09. The molecular weight excluding hydrogens is 186 g/mol. The van der Waals surface area contributed by atoms with Crippen molar-refractivity contribution in [2.75, 3.05) is 7.11 Å². The fraction of sp³-hybridized carbons (Fsp3) is 0.111. The third kappa shape index (κ3) is 1.28. The van der Waals surface area contributed by atoms with Gasteiger partial charge in [-0.25, -0.2) is 9.78 Å². The Labute approximate surface area is 79.9 Å². The van der Waals surface area contributed by atoms with E-state index in [1.165, 1.54) is 31.9 Å². The largest absolute Gasteiger partial charge is 0.465 e. The van der Waals surface area contributed by atoms with Crippen LogP contribution in [0.4, 0.5) is 0 Å². The molecule has 0 aliphatic carbocycles. The Hall–Kier alpha value is -2.04. The van der Waals surface area contributed by atoms with Crippen LogP contribution in [0.5, 0.6) is 11.6 Å². The summed E-state index contributed by atoms with van der Waals surface area (Å²) in [5, 5.41) is 0. The van der Waals surface area contributed by atoms with Crippen molar-refractivity contribution in [3.63, 3.8) is 0 Å². The van der Waals surface area contributed by atoms with Gasteiger partial charge in [0.25, 0.3) is 5.88 Å². The van der Waals surface area contributed by atoms with E-state index in [4.69, 9.17) is 9.47 Å². The molecule has 2 heterocycles. The van der Waals surface area contributed by atoms with E-state index in [1.807, 2.05) is 0 Å². The summed E-state index contributed by atoms with van der Waals surface area (Å²) in [5.74, 6) is 0.0554. The van der Waals surface area contributed by atoms with Gasteiger partial charge < -0.3 is 14.2 Å². The summed E-state index contributed by atoms with van der Waals surface area (Å²) in [6.45, 7) is 0. The number of carbonyl (C=O) groups is 1. The van der Waals surface area contributed by atoms with Crippen molar-refractivity contribution in [3.05, 3.63) is 30.4 Å². The molecule has 1 aliphatic heterocycles. The second kappa shape index (κ2) is 3.37. The lowest BCUT2D eigenvalue weighted by atomic mass is 10.2. The van der Waals surface area contributed by atoms with Gasteiger partial charge >= 0.3 is 5.97 Å². The summed E-state index contributed by atoms with van der Waals surface area (Å²) in [6.07, 6.45) is 4.13. The zero-order chi connectivity index (χ0) is 9.97. The summed E-state index contributed by atoms with van der Waals surface area (Å²) in [6, 6.07) is 1.51. The molecule has 0 N–H and O–H groups in total. The Kier molecular flexibility index (Phi) is 2.06. The van der Waals surface area contributed by atoms with Crippen molar-refractivity contribution in [1.82, 2.24) is 4.98 Å². The van der Waals surface area contributed by atoms with Crippen molar-refractivity contribution in [2.24, 2.45) is 0 Å². The summed E-state index contributed by atoms with van der Waals surface area (Å²) < 4.78 is 14.7. The van der Waals surface area contributed by atoms with E-state index >= 15 is 0 Å². The van der Waals surface area contributed by atoms with Gasteiger partial charge in [-0.15, -0.1) is 0 Å². The highest BCUT2D eigenvalue weighted by atomic mass is 16.6. The van der Waals surface area contributed by atoms with Crippen molar-refractivity contribution in [2.45, 2.75) is 0 Å². The van der Waals surface area contributed by atoms with Crippen molar-refractivity contribution < 1.29 is 19.0 Å². The van der Waals surface area contributed by atoms with Gasteiger partial charge in [-0.05, 0) is 6.07 Å². The van der Waals surface area contributed by atoms with E-state index in [9.17, 15) is 4.79 Å². The molecule has 14 heavy (non-hydrogen) atoms. The van der Waals surface area contributed by atoms with E-state index < -0.39 is 5.97 Å². The molecule has 0 unspecified atom stereocenters. The number of pyridine rings is 1. The van der Waals surface area contributed by atoms with Crippen molar-refractivity contribution >= 4 is 5.97 Å². The molecule has 5 heteroatoms. The van der Waals surface area contributed by atoms with Crippen LogP contribution < -0.4 is 9.47 Å². The van der Waals surface area contributed by atoms with Crippen LogP contribution in [-0.2, 0) is 4.74 Å². The van der Waals surface area contributed by atoms with Crippen LogP contribution in [0.1, 0.15) is 10.4 Å². The van der Waals surface area contributed by atoms with E-state index in [1.54, 1.807) is 0 Å². The quantitative estimate of drug-likeness (QED) is 0.625. The van der Waals surface area contributed by atoms with Crippen LogP contribution in [0.3, 0.4) is 0 Å². The molecule has 2 rings (SSSR count). The first-order chi connectivity index (χ1) is 6.83. The second-order valence-electron chi connectivity index (χ2n) is 2.49. The Morgan fingerprint density at radius 1 is 1.43 bits per heavy atom. The van der Waals surface area contributed by atoms with E-state index in [0.717, 1.165) is 0 Å². The van der Waals surface area contributed by atoms with Crippen LogP contribution >= 0.6 is 0 Å². The number of methoxy groups -OCH3 is 1. The topological polar surface area (TPSA) is 57.7 Å². The van der Waals surface area contributed by atoms with Gasteiger partial charge in [0.1, 0.15) is 18.1 Å². The van der Waals surface area contributed by atoms with Gasteiger partial charge in [0.15, 0.2) is 0 Å². The molecule has 0 amide bonds. The molecule has 0 fully saturated rings. The Morgan fingerprint density at radius 2 is 2.21 bits per heavy atom. The monoisotopic (exact) mass is 193 g/mol. The number of carbonyl (C=O) groups excluding carboxylic acids is 1. The Morgan fingerprint density at radius 3 is 3.00 bits per heavy atom. The van der Waals surface area contributed by atoms with Gasteiger partial charge in [0, 0.05) is 6.20 Å². The van der Waals surface area contributed by atoms with Crippen LogP contribution in [0.25, 0.3) is 0 Å². The molecule has 0 aromatic carbocycles. The highest BCUT2D eigenvalue weighted by Crippen LogP contribution is 2.31. The summed E-state index contributed by atoms with van der Waals surface area (Å²) in [4.78, 5) is 15.2. The van der Waals surface area contributed by atoms with Crippen LogP contribution in [-0.4, -0.2) is 18.1 Å². The number of fused-ring (bicyclic) bond motifs is 1. The predicted molar refractivity (Wildman–Crippen MR) is 46.0 cm³/mol. The van der Waals surface area contributed by atoms with Gasteiger partial charge in [-0.2, -0.15) is 0 Å². The minimum absolute atomic E-state index is 0.260. The average Bonchev–Trinajstić information content (AvgIpc) is 2.27. The molecule has 0 saturated carbocycles. The number of ether oxygens (including phenoxy) is 3. The Bertz CT molecular complexity index is 400. The fourth-order valence-electron chi connectivity index (χ4n) is 1.09. The predicted octanol–water partition coefficient (Wildman–Crippen LogP) is 1.11. The SMILES string of the molecule is COC(=O)c1ccnc2c1OC=CO2. The maximum atomic E-state index is 11.3. The van der Waals surface area contributed by atoms with Gasteiger partial charge in [-0.3, -0.25) is 0 Å². The highest BCUT2D eigenvalue weighted by Gasteiger charge is 2.20. The van der Waals surface area contributed by atoms with Crippen molar-refractivity contribution in [1.29, 1.82) is 0 Å². The number of hydrogen-bond donors (Lipinski definition) is 0. The number of nitrogens with zero attached hydrogens (tertiary/aromatic N) is 1. The molecule has 1 aromatic rings. The third-order valence-corrected chi connectivity index (χ3v) is 1.70. The van der Waals surface area contributed by atoms with Gasteiger partial charge in [0.2, 0.25) is 5.75 Å². The lowest BCUT2D eigenvalue weighted by Crippen LogP contribution is -2.07. The average molecular weight is 193 g/mol. The molecule has 1 aliphatic rings. The molecule has 0 atom stereocenters. The normalized spacial score (nSPS) is 12.4. The molecular formula is C9H7NO4. The first-order valence-corrected chi connectivity index (χ1v) is 3.88. The zero-order valence-electron chi connectivity index (χ0n) is 7.39. The molecule has 0 bridgehead atoms. The first kappa shape index (κ1) is 8.55. The van der Waals surface area contributed by atoms with E-state index in [0.29, 0.717) is 5.56 Å². The van der Waals surface area contributed by atoms with Crippen LogP contribution in [0, 0.1) is 0 Å². The molecule has 1 aromatic heterocycles. The van der Waals surface area contributed by atoms with Gasteiger partial charge in [-0.1, -0.05) is 0 Å². The summed E-state index contributed by atoms with van der Waals surface area (Å²) in [7, 11) is 1.30. The number of aromatic nitrogens is 1. The summed E-state index contributed by atoms with van der Waals surface area (Å²) in [5.41, 5.74) is 0.293. The second-order valence-corrected chi connectivity index (χ2v) is 2.49. The molecule has 0 spiro atoms. The zero-order valence-corrected chi connectivity index (χ0v) is 7.39. The van der Waals surface area contributed by atoms with Gasteiger partial charge in [0.05, 0.1) is 7.11 Å². The van der Waals surface area contributed by atoms with E-state index in [2.05, 4.69) is 9.72 Å². The molecule has 0 saturated heterocycles. The lowest BCUT2D eigenvalue weighted by molar-refractivity contribution is 0.0596. The smallest absolute Gasteiger partial charge is 0.341 e. The standard InChI is InChI=1S/C9H7NO4/c1-12-9(11)6-2-3-10-8-7(6)13-4-5-14-8/h2-5H,1H3. The maximum Gasteiger partial charge on any atom is 0.341 e.